The van der Waals surface area contributed by atoms with Gasteiger partial charge in [-0.05, 0) is 68.1 Å². The number of rotatable bonds is 3. The Bertz CT molecular complexity index is 1170. The third-order valence-corrected chi connectivity index (χ3v) is 6.66. The second kappa shape index (κ2) is 7.13. The van der Waals surface area contributed by atoms with Crippen molar-refractivity contribution in [3.8, 4) is 17.0 Å². The fourth-order valence-electron chi connectivity index (χ4n) is 5.15. The quantitative estimate of drug-likeness (QED) is 0.672. The number of hydrogen-bond donors (Lipinski definition) is 0. The molecule has 0 amide bonds. The number of aromatic nitrogens is 2. The summed E-state index contributed by atoms with van der Waals surface area (Å²) >= 11 is 0. The molecular weight excluding hydrogens is 376 g/mol. The molecule has 2 aliphatic heterocycles. The topological polar surface area (TPSA) is 50.1 Å². The predicted octanol–water partition coefficient (Wildman–Crippen LogP) is 2.98. The van der Waals surface area contributed by atoms with Gasteiger partial charge in [-0.2, -0.15) is 0 Å². The van der Waals surface area contributed by atoms with Crippen LogP contribution in [0.2, 0.25) is 0 Å². The predicted molar refractivity (Wildman–Crippen MR) is 120 cm³/mol. The largest absolute Gasteiger partial charge is 0.496 e. The van der Waals surface area contributed by atoms with E-state index in [2.05, 4.69) is 22.9 Å². The standard InChI is InChI=1S/C24H28N4O2/c1-15-7-17(5-6-22(15)30-4)21-9-23(29)28-14-20(8-16(2)24(28)25-21)27-12-18-10-26(3)11-19(18)13-27/h5-9,14,18-19H,10-13H2,1-4H3/t18-,19+. The van der Waals surface area contributed by atoms with E-state index in [1.54, 1.807) is 17.6 Å². The van der Waals surface area contributed by atoms with Gasteiger partial charge in [0.05, 0.1) is 18.5 Å². The molecule has 0 saturated carbocycles. The minimum absolute atomic E-state index is 0.0486. The molecule has 30 heavy (non-hydrogen) atoms. The lowest BCUT2D eigenvalue weighted by atomic mass is 10.0. The number of methoxy groups -OCH3 is 1. The Balaban J connectivity index is 1.52. The molecule has 2 aromatic heterocycles. The first-order valence-electron chi connectivity index (χ1n) is 10.6. The van der Waals surface area contributed by atoms with Gasteiger partial charge in [0.25, 0.3) is 5.56 Å². The van der Waals surface area contributed by atoms with E-state index >= 15 is 0 Å². The van der Waals surface area contributed by atoms with Crippen molar-refractivity contribution < 1.29 is 4.74 Å². The van der Waals surface area contributed by atoms with E-state index < -0.39 is 0 Å². The molecule has 2 fully saturated rings. The molecule has 2 saturated heterocycles. The Morgan fingerprint density at radius 1 is 1.00 bits per heavy atom. The van der Waals surface area contributed by atoms with E-state index in [-0.39, 0.29) is 5.56 Å². The number of anilines is 1. The highest BCUT2D eigenvalue weighted by atomic mass is 16.5. The van der Waals surface area contributed by atoms with Gasteiger partial charge in [-0.15, -0.1) is 0 Å². The van der Waals surface area contributed by atoms with Crippen LogP contribution in [0, 0.1) is 25.7 Å². The average molecular weight is 405 g/mol. The number of fused-ring (bicyclic) bond motifs is 2. The smallest absolute Gasteiger partial charge is 0.258 e. The van der Waals surface area contributed by atoms with Gasteiger partial charge in [-0.25, -0.2) is 4.98 Å². The molecule has 3 aromatic rings. The van der Waals surface area contributed by atoms with Crippen LogP contribution in [0.5, 0.6) is 5.75 Å². The first kappa shape index (κ1) is 19.1. The summed E-state index contributed by atoms with van der Waals surface area (Å²) in [6, 6.07) is 9.70. The van der Waals surface area contributed by atoms with Gasteiger partial charge in [0.15, 0.2) is 0 Å². The third kappa shape index (κ3) is 3.16. The minimum Gasteiger partial charge on any atom is -0.496 e. The second-order valence-electron chi connectivity index (χ2n) is 8.89. The SMILES string of the molecule is COc1ccc(-c2cc(=O)n3cc(N4C[C@H]5CN(C)C[C@H]5C4)cc(C)c3n2)cc1C. The van der Waals surface area contributed by atoms with Crippen LogP contribution >= 0.6 is 0 Å². The first-order chi connectivity index (χ1) is 14.4. The van der Waals surface area contributed by atoms with E-state index in [4.69, 9.17) is 9.72 Å². The Morgan fingerprint density at radius 3 is 2.40 bits per heavy atom. The van der Waals surface area contributed by atoms with Gasteiger partial charge in [-0.1, -0.05) is 0 Å². The summed E-state index contributed by atoms with van der Waals surface area (Å²) in [4.78, 5) is 22.7. The minimum atomic E-state index is -0.0486. The van der Waals surface area contributed by atoms with Gasteiger partial charge < -0.3 is 14.5 Å². The van der Waals surface area contributed by atoms with E-state index in [9.17, 15) is 4.79 Å². The maximum Gasteiger partial charge on any atom is 0.258 e. The average Bonchev–Trinajstić information content (AvgIpc) is 3.25. The molecule has 0 spiro atoms. The molecule has 156 valence electrons. The van der Waals surface area contributed by atoms with Gasteiger partial charge in [0.1, 0.15) is 11.4 Å². The van der Waals surface area contributed by atoms with E-state index in [1.165, 1.54) is 13.1 Å². The molecule has 6 nitrogen and oxygen atoms in total. The van der Waals surface area contributed by atoms with Gasteiger partial charge in [0, 0.05) is 44.0 Å². The third-order valence-electron chi connectivity index (χ3n) is 6.66. The van der Waals surface area contributed by atoms with Crippen molar-refractivity contribution in [1.82, 2.24) is 14.3 Å². The molecule has 4 heterocycles. The lowest BCUT2D eigenvalue weighted by Crippen LogP contribution is -2.27. The van der Waals surface area contributed by atoms with Crippen LogP contribution in [-0.4, -0.2) is 54.6 Å². The summed E-state index contributed by atoms with van der Waals surface area (Å²) in [5.74, 6) is 2.28. The van der Waals surface area contributed by atoms with E-state index in [0.717, 1.165) is 53.1 Å². The molecule has 2 aliphatic rings. The van der Waals surface area contributed by atoms with Crippen molar-refractivity contribution in [3.63, 3.8) is 0 Å². The molecule has 0 aliphatic carbocycles. The number of benzene rings is 1. The molecule has 0 N–H and O–H groups in total. The highest BCUT2D eigenvalue weighted by Gasteiger charge is 2.38. The molecule has 0 radical (unpaired) electrons. The van der Waals surface area contributed by atoms with Crippen LogP contribution in [0.3, 0.4) is 0 Å². The Morgan fingerprint density at radius 2 is 1.73 bits per heavy atom. The zero-order chi connectivity index (χ0) is 21.0. The van der Waals surface area contributed by atoms with Crippen molar-refractivity contribution in [1.29, 1.82) is 0 Å². The molecule has 2 atom stereocenters. The summed E-state index contributed by atoms with van der Waals surface area (Å²) in [6.07, 6.45) is 1.96. The Labute approximate surface area is 176 Å². The fraction of sp³-hybridized carbons (Fsp3) is 0.417. The van der Waals surface area contributed by atoms with Gasteiger partial charge >= 0.3 is 0 Å². The van der Waals surface area contributed by atoms with E-state index in [1.807, 2.05) is 38.2 Å². The van der Waals surface area contributed by atoms with Crippen LogP contribution in [0.15, 0.2) is 41.3 Å². The van der Waals surface area contributed by atoms with Crippen molar-refractivity contribution in [3.05, 3.63) is 58.0 Å². The zero-order valence-corrected chi connectivity index (χ0v) is 18.1. The van der Waals surface area contributed by atoms with Crippen molar-refractivity contribution in [2.75, 3.05) is 45.2 Å². The van der Waals surface area contributed by atoms with Crippen molar-refractivity contribution in [2.45, 2.75) is 13.8 Å². The number of aryl methyl sites for hydroxylation is 2. The molecule has 6 heteroatoms. The molecule has 1 aromatic carbocycles. The van der Waals surface area contributed by atoms with Crippen molar-refractivity contribution >= 4 is 11.3 Å². The number of nitrogens with zero attached hydrogens (tertiary/aromatic N) is 4. The Kier molecular flexibility index (Phi) is 4.54. The maximum atomic E-state index is 13.0. The van der Waals surface area contributed by atoms with Crippen LogP contribution in [-0.2, 0) is 0 Å². The second-order valence-corrected chi connectivity index (χ2v) is 8.89. The maximum absolute atomic E-state index is 13.0. The summed E-state index contributed by atoms with van der Waals surface area (Å²) in [5, 5.41) is 0. The van der Waals surface area contributed by atoms with Crippen LogP contribution in [0.25, 0.3) is 16.9 Å². The molecular formula is C24H28N4O2. The molecule has 0 bridgehead atoms. The lowest BCUT2D eigenvalue weighted by molar-refractivity contribution is 0.387. The van der Waals surface area contributed by atoms with E-state index in [0.29, 0.717) is 11.3 Å². The number of pyridine rings is 1. The fourth-order valence-corrected chi connectivity index (χ4v) is 5.15. The number of hydrogen-bond acceptors (Lipinski definition) is 5. The summed E-state index contributed by atoms with van der Waals surface area (Å²) in [7, 11) is 3.87. The van der Waals surface area contributed by atoms with Crippen LogP contribution in [0.4, 0.5) is 5.69 Å². The highest BCUT2D eigenvalue weighted by Crippen LogP contribution is 2.34. The summed E-state index contributed by atoms with van der Waals surface area (Å²) in [6.45, 7) is 8.49. The summed E-state index contributed by atoms with van der Waals surface area (Å²) < 4.78 is 7.05. The summed E-state index contributed by atoms with van der Waals surface area (Å²) in [5.41, 5.74) is 5.45. The van der Waals surface area contributed by atoms with Crippen LogP contribution in [0.1, 0.15) is 11.1 Å². The zero-order valence-electron chi connectivity index (χ0n) is 18.1. The molecule has 5 rings (SSSR count). The van der Waals surface area contributed by atoms with Gasteiger partial charge in [-0.3, -0.25) is 9.20 Å². The Hall–Kier alpha value is -2.86. The van der Waals surface area contributed by atoms with Crippen LogP contribution < -0.4 is 15.2 Å². The monoisotopic (exact) mass is 404 g/mol. The molecule has 0 unspecified atom stereocenters. The van der Waals surface area contributed by atoms with Crippen molar-refractivity contribution in [2.24, 2.45) is 11.8 Å². The highest BCUT2D eigenvalue weighted by molar-refractivity contribution is 5.66. The normalized spacial score (nSPS) is 21.4. The first-order valence-corrected chi connectivity index (χ1v) is 10.6. The number of likely N-dealkylation sites (tertiary alicyclic amines) is 1. The lowest BCUT2D eigenvalue weighted by Gasteiger charge is -2.22. The van der Waals surface area contributed by atoms with Gasteiger partial charge in [0.2, 0.25) is 0 Å². The number of ether oxygens (including phenoxy) is 1.